The number of halogens is 1. The molecule has 1 N–H and O–H groups in total. The summed E-state index contributed by atoms with van der Waals surface area (Å²) in [4.78, 5) is 6.62. The van der Waals surface area contributed by atoms with E-state index < -0.39 is 0 Å². The summed E-state index contributed by atoms with van der Waals surface area (Å²) in [6.45, 7) is 14.7. The van der Waals surface area contributed by atoms with Gasteiger partial charge in [0.25, 0.3) is 0 Å². The molecule has 19 heavy (non-hydrogen) atoms. The molecule has 0 fully saturated rings. The van der Waals surface area contributed by atoms with E-state index in [0.29, 0.717) is 11.1 Å². The van der Waals surface area contributed by atoms with Crippen LogP contribution in [0.5, 0.6) is 0 Å². The Labute approximate surface area is 121 Å². The molecule has 3 nitrogen and oxygen atoms in total. The number of hydrogen-bond donors (Lipinski definition) is 1. The van der Waals surface area contributed by atoms with Crippen molar-refractivity contribution in [2.24, 2.45) is 0 Å². The van der Waals surface area contributed by atoms with Gasteiger partial charge >= 0.3 is 0 Å². The Hall–Kier alpha value is -1.06. The largest absolute Gasteiger partial charge is 0.352 e. The van der Waals surface area contributed by atoms with Crippen molar-refractivity contribution in [1.82, 2.24) is 10.3 Å². The van der Waals surface area contributed by atoms with E-state index in [1.165, 1.54) is 0 Å². The average Bonchev–Trinajstić information content (AvgIpc) is 2.33. The molecular formula is C15H24ClN3. The third-order valence-corrected chi connectivity index (χ3v) is 3.01. The van der Waals surface area contributed by atoms with Gasteiger partial charge in [0.15, 0.2) is 0 Å². The quantitative estimate of drug-likeness (QED) is 0.774. The van der Waals surface area contributed by atoms with Crippen LogP contribution < -0.4 is 10.2 Å². The fourth-order valence-corrected chi connectivity index (χ4v) is 2.09. The summed E-state index contributed by atoms with van der Waals surface area (Å²) >= 11 is 6.34. The monoisotopic (exact) mass is 281 g/mol. The number of hydrogen-bond acceptors (Lipinski definition) is 3. The van der Waals surface area contributed by atoms with Crippen LogP contribution in [0.15, 0.2) is 24.4 Å². The second-order valence-electron chi connectivity index (χ2n) is 5.16. The van der Waals surface area contributed by atoms with Crippen LogP contribution >= 0.6 is 11.6 Å². The molecule has 0 bridgehead atoms. The van der Waals surface area contributed by atoms with E-state index in [0.717, 1.165) is 36.6 Å². The number of pyridine rings is 1. The van der Waals surface area contributed by atoms with Gasteiger partial charge < -0.3 is 10.2 Å². The number of nitrogens with zero attached hydrogens (tertiary/aromatic N) is 2. The number of rotatable bonds is 7. The molecule has 4 heteroatoms. The molecule has 1 heterocycles. The van der Waals surface area contributed by atoms with E-state index in [9.17, 15) is 0 Å². The zero-order valence-electron chi connectivity index (χ0n) is 12.3. The molecule has 0 aliphatic heterocycles. The van der Waals surface area contributed by atoms with Crippen molar-refractivity contribution in [3.05, 3.63) is 35.0 Å². The van der Waals surface area contributed by atoms with Crippen LogP contribution in [-0.2, 0) is 6.54 Å². The second kappa shape index (κ2) is 7.51. The first kappa shape index (κ1) is 16.0. The van der Waals surface area contributed by atoms with Crippen molar-refractivity contribution in [2.75, 3.05) is 18.0 Å². The molecule has 0 radical (unpaired) electrons. The normalized spacial score (nSPS) is 10.8. The maximum atomic E-state index is 6.34. The summed E-state index contributed by atoms with van der Waals surface area (Å²) < 4.78 is 0. The molecule has 1 aromatic heterocycles. The lowest BCUT2D eigenvalue weighted by Crippen LogP contribution is -2.26. The maximum absolute atomic E-state index is 6.34. The Morgan fingerprint density at radius 1 is 1.53 bits per heavy atom. The first-order chi connectivity index (χ1) is 8.93. The minimum atomic E-state index is 0.453. The molecular weight excluding hydrogens is 258 g/mol. The van der Waals surface area contributed by atoms with Gasteiger partial charge in [-0.1, -0.05) is 37.6 Å². The Bertz CT molecular complexity index is 429. The molecule has 0 amide bonds. The van der Waals surface area contributed by atoms with Crippen molar-refractivity contribution in [3.63, 3.8) is 0 Å². The maximum Gasteiger partial charge on any atom is 0.147 e. The first-order valence-corrected chi connectivity index (χ1v) is 7.09. The van der Waals surface area contributed by atoms with E-state index in [1.54, 1.807) is 0 Å². The van der Waals surface area contributed by atoms with Crippen LogP contribution in [0.2, 0.25) is 5.02 Å². The minimum absolute atomic E-state index is 0.453. The van der Waals surface area contributed by atoms with Gasteiger partial charge in [-0.25, -0.2) is 4.98 Å². The highest BCUT2D eigenvalue weighted by Gasteiger charge is 2.11. The number of anilines is 1. The number of nitrogens with one attached hydrogen (secondary N) is 1. The van der Waals surface area contributed by atoms with Crippen LogP contribution in [0.4, 0.5) is 5.82 Å². The first-order valence-electron chi connectivity index (χ1n) is 6.71. The van der Waals surface area contributed by atoms with Crippen molar-refractivity contribution in [2.45, 2.75) is 40.3 Å². The van der Waals surface area contributed by atoms with E-state index >= 15 is 0 Å². The van der Waals surface area contributed by atoms with Crippen molar-refractivity contribution < 1.29 is 0 Å². The fourth-order valence-electron chi connectivity index (χ4n) is 1.78. The van der Waals surface area contributed by atoms with Gasteiger partial charge in [0.05, 0.1) is 5.02 Å². The van der Waals surface area contributed by atoms with Gasteiger partial charge in [-0.05, 0) is 25.5 Å². The summed E-state index contributed by atoms with van der Waals surface area (Å²) in [5.74, 6) is 0.834. The van der Waals surface area contributed by atoms with E-state index in [4.69, 9.17) is 11.6 Å². The SMILES string of the molecule is C=C(C)CN(CC)c1ncc(CNC(C)C)cc1Cl. The van der Waals surface area contributed by atoms with Gasteiger partial charge in [-0.3, -0.25) is 0 Å². The summed E-state index contributed by atoms with van der Waals surface area (Å²) in [6.07, 6.45) is 1.89. The second-order valence-corrected chi connectivity index (χ2v) is 5.56. The summed E-state index contributed by atoms with van der Waals surface area (Å²) in [5, 5.41) is 4.06. The third kappa shape index (κ3) is 5.21. The van der Waals surface area contributed by atoms with Crippen LogP contribution in [0.3, 0.4) is 0 Å². The van der Waals surface area contributed by atoms with Crippen LogP contribution in [0, 0.1) is 0 Å². The predicted octanol–water partition coefficient (Wildman–Crippen LogP) is 3.64. The number of likely N-dealkylation sites (N-methyl/N-ethyl adjacent to an activating group) is 1. The Morgan fingerprint density at radius 3 is 2.68 bits per heavy atom. The fraction of sp³-hybridized carbons (Fsp3) is 0.533. The molecule has 0 unspecified atom stereocenters. The molecule has 0 saturated carbocycles. The topological polar surface area (TPSA) is 28.2 Å². The van der Waals surface area contributed by atoms with Gasteiger partial charge in [0, 0.05) is 31.9 Å². The lowest BCUT2D eigenvalue weighted by Gasteiger charge is -2.23. The summed E-state index contributed by atoms with van der Waals surface area (Å²) in [5.41, 5.74) is 2.21. The van der Waals surface area contributed by atoms with Gasteiger partial charge in [0.2, 0.25) is 0 Å². The highest BCUT2D eigenvalue weighted by Crippen LogP contribution is 2.24. The highest BCUT2D eigenvalue weighted by molar-refractivity contribution is 6.33. The zero-order valence-corrected chi connectivity index (χ0v) is 13.1. The van der Waals surface area contributed by atoms with Gasteiger partial charge in [0.1, 0.15) is 5.82 Å². The lowest BCUT2D eigenvalue weighted by molar-refractivity contribution is 0.588. The van der Waals surface area contributed by atoms with Gasteiger partial charge in [-0.2, -0.15) is 0 Å². The molecule has 1 rings (SSSR count). The molecule has 0 spiro atoms. The molecule has 0 saturated heterocycles. The Kier molecular flexibility index (Phi) is 6.32. The Morgan fingerprint density at radius 2 is 2.21 bits per heavy atom. The third-order valence-electron chi connectivity index (χ3n) is 2.73. The smallest absolute Gasteiger partial charge is 0.147 e. The van der Waals surface area contributed by atoms with Crippen molar-refractivity contribution in [1.29, 1.82) is 0 Å². The summed E-state index contributed by atoms with van der Waals surface area (Å²) in [6, 6.07) is 2.44. The van der Waals surface area contributed by atoms with Crippen LogP contribution in [-0.4, -0.2) is 24.1 Å². The van der Waals surface area contributed by atoms with Gasteiger partial charge in [-0.15, -0.1) is 0 Å². The number of aromatic nitrogens is 1. The van der Waals surface area contributed by atoms with Crippen LogP contribution in [0.1, 0.15) is 33.3 Å². The average molecular weight is 282 g/mol. The Balaban J connectivity index is 2.83. The van der Waals surface area contributed by atoms with Crippen molar-refractivity contribution in [3.8, 4) is 0 Å². The van der Waals surface area contributed by atoms with Crippen molar-refractivity contribution >= 4 is 17.4 Å². The molecule has 0 aliphatic carbocycles. The van der Waals surface area contributed by atoms with E-state index in [-0.39, 0.29) is 0 Å². The highest BCUT2D eigenvalue weighted by atomic mass is 35.5. The van der Waals surface area contributed by atoms with E-state index in [2.05, 4.69) is 42.6 Å². The molecule has 0 atom stereocenters. The minimum Gasteiger partial charge on any atom is -0.352 e. The predicted molar refractivity (Wildman–Crippen MR) is 83.9 cm³/mol. The van der Waals surface area contributed by atoms with E-state index in [1.807, 2.05) is 19.2 Å². The molecule has 0 aliphatic rings. The standard InChI is InChI=1S/C15H24ClN3/c1-6-19(10-11(2)3)15-14(16)7-13(9-18-15)8-17-12(4)5/h7,9,12,17H,2,6,8,10H2,1,3-5H3. The summed E-state index contributed by atoms with van der Waals surface area (Å²) in [7, 11) is 0. The zero-order chi connectivity index (χ0) is 14.4. The van der Waals surface area contributed by atoms with Crippen LogP contribution in [0.25, 0.3) is 0 Å². The molecule has 106 valence electrons. The molecule has 1 aromatic rings. The molecule has 0 aromatic carbocycles. The lowest BCUT2D eigenvalue weighted by atomic mass is 10.2.